The monoisotopic (exact) mass is 411 g/mol. The molecule has 0 radical (unpaired) electrons. The zero-order valence-corrected chi connectivity index (χ0v) is 17.4. The number of hydrogen-bond donors (Lipinski definition) is 0. The van der Waals surface area contributed by atoms with Gasteiger partial charge < -0.3 is 9.30 Å². The maximum Gasteiger partial charge on any atom is 0.349 e. The van der Waals surface area contributed by atoms with Gasteiger partial charge in [0.25, 0.3) is 0 Å². The van der Waals surface area contributed by atoms with Crippen LogP contribution in [0.25, 0.3) is 0 Å². The van der Waals surface area contributed by atoms with Gasteiger partial charge in [-0.15, -0.1) is 11.3 Å². The zero-order valence-electron chi connectivity index (χ0n) is 15.8. The Hall–Kier alpha value is -1.71. The summed E-state index contributed by atoms with van der Waals surface area (Å²) in [5.41, 5.74) is 0. The first-order valence-corrected chi connectivity index (χ1v) is 11.3. The first-order valence-electron chi connectivity index (χ1n) is 9.01. The first-order chi connectivity index (χ1) is 12.8. The summed E-state index contributed by atoms with van der Waals surface area (Å²) in [6.45, 7) is 6.00. The van der Waals surface area contributed by atoms with Crippen LogP contribution < -0.4 is 0 Å². The molecule has 0 aromatic carbocycles. The van der Waals surface area contributed by atoms with Crippen molar-refractivity contribution in [3.63, 3.8) is 0 Å². The van der Waals surface area contributed by atoms with Gasteiger partial charge in [0.05, 0.1) is 7.11 Å². The topological polar surface area (TPSA) is 81.5 Å². The Kier molecular flexibility index (Phi) is 6.02. The van der Waals surface area contributed by atoms with Crippen molar-refractivity contribution < 1.29 is 17.9 Å². The number of imidazole rings is 1. The van der Waals surface area contributed by atoms with Crippen LogP contribution in [-0.2, 0) is 21.3 Å². The molecule has 27 heavy (non-hydrogen) atoms. The van der Waals surface area contributed by atoms with Gasteiger partial charge in [-0.25, -0.2) is 18.2 Å². The number of ether oxygens (including phenoxy) is 1. The Labute approximate surface area is 164 Å². The van der Waals surface area contributed by atoms with E-state index < -0.39 is 16.0 Å². The van der Waals surface area contributed by atoms with Gasteiger partial charge in [-0.3, -0.25) is 0 Å². The summed E-state index contributed by atoms with van der Waals surface area (Å²) >= 11 is 1.09. The van der Waals surface area contributed by atoms with Gasteiger partial charge in [-0.05, 0) is 30.2 Å². The fourth-order valence-electron chi connectivity index (χ4n) is 3.47. The molecule has 0 amide bonds. The smallest absolute Gasteiger partial charge is 0.349 e. The maximum absolute atomic E-state index is 13.0. The lowest BCUT2D eigenvalue weighted by atomic mass is 9.98. The lowest BCUT2D eigenvalue weighted by Gasteiger charge is -2.31. The van der Waals surface area contributed by atoms with Gasteiger partial charge in [0.2, 0.25) is 10.0 Å². The van der Waals surface area contributed by atoms with Crippen LogP contribution in [0.15, 0.2) is 28.7 Å². The number of thiophene rings is 1. The maximum atomic E-state index is 13.0. The molecule has 0 saturated carbocycles. The van der Waals surface area contributed by atoms with E-state index in [0.29, 0.717) is 24.9 Å². The van der Waals surface area contributed by atoms with E-state index in [0.717, 1.165) is 36.5 Å². The van der Waals surface area contributed by atoms with Crippen molar-refractivity contribution in [2.75, 3.05) is 20.2 Å². The highest BCUT2D eigenvalue weighted by molar-refractivity contribution is 7.89. The minimum Gasteiger partial charge on any atom is -0.465 e. The Morgan fingerprint density at radius 1 is 1.37 bits per heavy atom. The molecule has 2 aromatic rings. The standard InChI is InChI=1S/C18H25N3O4S2/c1-13(2)17-19-7-10-20(17)12-14-4-8-21(9-5-14)27(23,24)15-6-11-26-16(15)18(22)25-3/h6-7,10-11,13-14H,4-5,8-9,12H2,1-3H3. The molecule has 3 heterocycles. The fraction of sp³-hybridized carbons (Fsp3) is 0.556. The van der Waals surface area contributed by atoms with Crippen molar-refractivity contribution in [1.29, 1.82) is 0 Å². The second kappa shape index (κ2) is 8.12. The molecule has 0 bridgehead atoms. The van der Waals surface area contributed by atoms with E-state index in [-0.39, 0.29) is 9.77 Å². The molecule has 7 nitrogen and oxygen atoms in total. The van der Waals surface area contributed by atoms with Crippen molar-refractivity contribution >= 4 is 27.3 Å². The minimum absolute atomic E-state index is 0.0505. The fourth-order valence-corrected chi connectivity index (χ4v) is 6.25. The summed E-state index contributed by atoms with van der Waals surface area (Å²) < 4.78 is 34.3. The highest BCUT2D eigenvalue weighted by atomic mass is 32.2. The van der Waals surface area contributed by atoms with E-state index in [1.54, 1.807) is 5.38 Å². The third-order valence-corrected chi connectivity index (χ3v) is 7.87. The molecule has 148 valence electrons. The summed E-state index contributed by atoms with van der Waals surface area (Å²) in [6.07, 6.45) is 5.38. The minimum atomic E-state index is -3.69. The second-order valence-electron chi connectivity index (χ2n) is 7.05. The molecular weight excluding hydrogens is 386 g/mol. The number of methoxy groups -OCH3 is 1. The molecular formula is C18H25N3O4S2. The molecule has 1 fully saturated rings. The Balaban J connectivity index is 1.67. The van der Waals surface area contributed by atoms with Crippen LogP contribution in [0, 0.1) is 5.92 Å². The largest absolute Gasteiger partial charge is 0.465 e. The molecule has 0 spiro atoms. The van der Waals surface area contributed by atoms with Crippen molar-refractivity contribution in [2.45, 2.75) is 44.0 Å². The average molecular weight is 412 g/mol. The van der Waals surface area contributed by atoms with Gasteiger partial charge in [0.1, 0.15) is 15.6 Å². The molecule has 0 atom stereocenters. The van der Waals surface area contributed by atoms with Crippen LogP contribution in [0.1, 0.15) is 48.1 Å². The number of carbonyl (C=O) groups is 1. The normalized spacial score (nSPS) is 16.7. The summed E-state index contributed by atoms with van der Waals surface area (Å²) in [4.78, 5) is 16.4. The lowest BCUT2D eigenvalue weighted by Crippen LogP contribution is -2.39. The van der Waals surface area contributed by atoms with Gasteiger partial charge in [-0.2, -0.15) is 4.31 Å². The van der Waals surface area contributed by atoms with Crippen LogP contribution >= 0.6 is 11.3 Å². The molecule has 1 aliphatic heterocycles. The van der Waals surface area contributed by atoms with Crippen LogP contribution in [0.3, 0.4) is 0 Å². The Morgan fingerprint density at radius 3 is 2.70 bits per heavy atom. The third-order valence-electron chi connectivity index (χ3n) is 4.91. The van der Waals surface area contributed by atoms with E-state index in [2.05, 4.69) is 23.4 Å². The SMILES string of the molecule is COC(=O)c1sccc1S(=O)(=O)N1CCC(Cn2ccnc2C(C)C)CC1. The molecule has 9 heteroatoms. The van der Waals surface area contributed by atoms with Crippen molar-refractivity contribution in [1.82, 2.24) is 13.9 Å². The third kappa shape index (κ3) is 4.09. The Bertz CT molecular complexity index is 893. The van der Waals surface area contributed by atoms with Crippen LogP contribution in [0.4, 0.5) is 0 Å². The van der Waals surface area contributed by atoms with E-state index >= 15 is 0 Å². The molecule has 0 unspecified atom stereocenters. The average Bonchev–Trinajstić information content (AvgIpc) is 3.31. The van der Waals surface area contributed by atoms with Crippen LogP contribution in [-0.4, -0.2) is 48.4 Å². The van der Waals surface area contributed by atoms with E-state index in [1.807, 2.05) is 12.4 Å². The molecule has 1 saturated heterocycles. The van der Waals surface area contributed by atoms with Gasteiger partial charge >= 0.3 is 5.97 Å². The molecule has 2 aromatic heterocycles. The second-order valence-corrected chi connectivity index (χ2v) is 9.87. The predicted octanol–water partition coefficient (Wildman–Crippen LogP) is 2.96. The number of nitrogens with zero attached hydrogens (tertiary/aromatic N) is 3. The summed E-state index contributed by atoms with van der Waals surface area (Å²) in [5.74, 6) is 1.22. The quantitative estimate of drug-likeness (QED) is 0.683. The number of rotatable bonds is 6. The van der Waals surface area contributed by atoms with Gasteiger partial charge in [0.15, 0.2) is 0 Å². The molecule has 0 N–H and O–H groups in total. The van der Waals surface area contributed by atoms with Crippen molar-refractivity contribution in [3.05, 3.63) is 34.5 Å². The summed E-state index contributed by atoms with van der Waals surface area (Å²) in [5, 5.41) is 1.61. The first kappa shape index (κ1) is 20.0. The summed E-state index contributed by atoms with van der Waals surface area (Å²) in [7, 11) is -2.43. The number of sulfonamides is 1. The van der Waals surface area contributed by atoms with Gasteiger partial charge in [-0.1, -0.05) is 13.8 Å². The predicted molar refractivity (Wildman–Crippen MR) is 103 cm³/mol. The molecule has 3 rings (SSSR count). The van der Waals surface area contributed by atoms with Crippen LogP contribution in [0.2, 0.25) is 0 Å². The van der Waals surface area contributed by atoms with E-state index in [1.165, 1.54) is 17.5 Å². The number of piperidine rings is 1. The lowest BCUT2D eigenvalue weighted by molar-refractivity contribution is 0.0602. The number of aromatic nitrogens is 2. The van der Waals surface area contributed by atoms with Crippen molar-refractivity contribution in [3.8, 4) is 0 Å². The summed E-state index contributed by atoms with van der Waals surface area (Å²) in [6, 6.07) is 1.48. The number of carbonyl (C=O) groups excluding carboxylic acids is 1. The van der Waals surface area contributed by atoms with Gasteiger partial charge in [0, 0.05) is 37.9 Å². The zero-order chi connectivity index (χ0) is 19.6. The van der Waals surface area contributed by atoms with Crippen molar-refractivity contribution in [2.24, 2.45) is 5.92 Å². The highest BCUT2D eigenvalue weighted by Crippen LogP contribution is 2.30. The van der Waals surface area contributed by atoms with Crippen LogP contribution in [0.5, 0.6) is 0 Å². The van der Waals surface area contributed by atoms with E-state index in [4.69, 9.17) is 4.74 Å². The number of hydrogen-bond acceptors (Lipinski definition) is 6. The molecule has 0 aliphatic carbocycles. The van der Waals surface area contributed by atoms with E-state index in [9.17, 15) is 13.2 Å². The molecule has 1 aliphatic rings. The Morgan fingerprint density at radius 2 is 2.07 bits per heavy atom. The highest BCUT2D eigenvalue weighted by Gasteiger charge is 2.33. The number of esters is 1.